The molecule has 0 radical (unpaired) electrons. The molecule has 3 rings (SSSR count). The van der Waals surface area contributed by atoms with Crippen molar-refractivity contribution in [2.75, 3.05) is 0 Å². The molecular formula is C22H24Cl2O3. The van der Waals surface area contributed by atoms with E-state index in [0.717, 1.165) is 24.8 Å². The number of ketones is 1. The maximum absolute atomic E-state index is 12.6. The highest BCUT2D eigenvalue weighted by Gasteiger charge is 2.38. The highest BCUT2D eigenvalue weighted by Crippen LogP contribution is 2.45. The van der Waals surface area contributed by atoms with Gasteiger partial charge in [0.05, 0.1) is 0 Å². The van der Waals surface area contributed by atoms with E-state index < -0.39 is 5.97 Å². The Labute approximate surface area is 170 Å². The van der Waals surface area contributed by atoms with Crippen LogP contribution in [0.5, 0.6) is 0 Å². The van der Waals surface area contributed by atoms with E-state index >= 15 is 0 Å². The van der Waals surface area contributed by atoms with Gasteiger partial charge in [-0.2, -0.15) is 0 Å². The van der Waals surface area contributed by atoms with Gasteiger partial charge in [-0.1, -0.05) is 48.3 Å². The standard InChI is InChI=1S/C22H24Cl2O3/c1-12-4-5-15(8-19-14(3)21(25)10-18(12)19)13(2)22(26)27-11-16-6-7-17(23)9-20(16)24/h6-7,9,12,15,18H,2,4-5,8,10-11H2,1,3H3/t12?,15-,18-/m0/s1. The number of fused-ring (bicyclic) bond motifs is 1. The van der Waals surface area contributed by atoms with Crippen molar-refractivity contribution in [1.29, 1.82) is 0 Å². The van der Waals surface area contributed by atoms with E-state index in [1.54, 1.807) is 18.2 Å². The number of hydrogen-bond donors (Lipinski definition) is 0. The third kappa shape index (κ3) is 4.30. The van der Waals surface area contributed by atoms with Crippen LogP contribution in [0, 0.1) is 17.8 Å². The fraction of sp³-hybridized carbons (Fsp3) is 0.455. The van der Waals surface area contributed by atoms with Gasteiger partial charge in [0.1, 0.15) is 6.61 Å². The van der Waals surface area contributed by atoms with Gasteiger partial charge in [0.25, 0.3) is 0 Å². The summed E-state index contributed by atoms with van der Waals surface area (Å²) < 4.78 is 5.44. The first kappa shape index (κ1) is 20.2. The number of allylic oxidation sites excluding steroid dienone is 2. The third-order valence-corrected chi connectivity index (χ3v) is 6.59. The molecule has 0 heterocycles. The summed E-state index contributed by atoms with van der Waals surface area (Å²) in [4.78, 5) is 24.7. The molecule has 3 nitrogen and oxygen atoms in total. The van der Waals surface area contributed by atoms with Crippen molar-refractivity contribution >= 4 is 35.0 Å². The molecule has 144 valence electrons. The number of halogens is 2. The second-order valence-corrected chi connectivity index (χ2v) is 8.52. The van der Waals surface area contributed by atoms with E-state index in [2.05, 4.69) is 13.5 Å². The van der Waals surface area contributed by atoms with Crippen molar-refractivity contribution in [2.24, 2.45) is 17.8 Å². The lowest BCUT2D eigenvalue weighted by Crippen LogP contribution is -2.16. The van der Waals surface area contributed by atoms with Crippen molar-refractivity contribution in [3.63, 3.8) is 0 Å². The molecule has 0 spiro atoms. The quantitative estimate of drug-likeness (QED) is 0.459. The highest BCUT2D eigenvalue weighted by atomic mass is 35.5. The van der Waals surface area contributed by atoms with Crippen LogP contribution in [0.2, 0.25) is 10.0 Å². The maximum atomic E-state index is 12.6. The molecule has 1 saturated carbocycles. The number of rotatable bonds is 4. The van der Waals surface area contributed by atoms with Crippen molar-refractivity contribution in [3.05, 3.63) is 57.1 Å². The fourth-order valence-electron chi connectivity index (χ4n) is 4.15. The average Bonchev–Trinajstić information content (AvgIpc) is 2.81. The van der Waals surface area contributed by atoms with E-state index in [9.17, 15) is 9.59 Å². The van der Waals surface area contributed by atoms with Gasteiger partial charge in [0, 0.05) is 27.6 Å². The maximum Gasteiger partial charge on any atom is 0.334 e. The van der Waals surface area contributed by atoms with Crippen LogP contribution < -0.4 is 0 Å². The number of benzene rings is 1. The van der Waals surface area contributed by atoms with Gasteiger partial charge >= 0.3 is 5.97 Å². The van der Waals surface area contributed by atoms with E-state index in [1.807, 2.05) is 6.92 Å². The first-order chi connectivity index (χ1) is 12.8. The second-order valence-electron chi connectivity index (χ2n) is 7.68. The Morgan fingerprint density at radius 1 is 1.26 bits per heavy atom. The summed E-state index contributed by atoms with van der Waals surface area (Å²) in [6.45, 7) is 8.21. The Bertz CT molecular complexity index is 825. The summed E-state index contributed by atoms with van der Waals surface area (Å²) in [6, 6.07) is 5.09. The number of esters is 1. The normalized spacial score (nSPS) is 25.2. The van der Waals surface area contributed by atoms with Crippen LogP contribution in [-0.4, -0.2) is 11.8 Å². The summed E-state index contributed by atoms with van der Waals surface area (Å²) in [5.41, 5.74) is 3.28. The Balaban J connectivity index is 1.67. The van der Waals surface area contributed by atoms with Crippen molar-refractivity contribution in [3.8, 4) is 0 Å². The number of Topliss-reactive ketones (excluding diaryl/α,β-unsaturated/α-hetero) is 1. The zero-order valence-corrected chi connectivity index (χ0v) is 17.2. The van der Waals surface area contributed by atoms with Crippen LogP contribution in [0.1, 0.15) is 45.1 Å². The molecule has 5 heteroatoms. The lowest BCUT2D eigenvalue weighted by molar-refractivity contribution is -0.141. The Hall–Kier alpha value is -1.58. The van der Waals surface area contributed by atoms with E-state index in [0.29, 0.717) is 39.4 Å². The summed E-state index contributed by atoms with van der Waals surface area (Å²) in [7, 11) is 0. The van der Waals surface area contributed by atoms with Gasteiger partial charge in [0.2, 0.25) is 0 Å². The third-order valence-electron chi connectivity index (χ3n) is 6.01. The zero-order chi connectivity index (χ0) is 19.7. The number of hydrogen-bond acceptors (Lipinski definition) is 3. The number of carbonyl (C=O) groups excluding carboxylic acids is 2. The molecule has 2 aliphatic rings. The molecule has 1 aromatic carbocycles. The molecule has 0 saturated heterocycles. The fourth-order valence-corrected chi connectivity index (χ4v) is 4.62. The summed E-state index contributed by atoms with van der Waals surface area (Å²) in [5.74, 6) is 0.622. The average molecular weight is 407 g/mol. The summed E-state index contributed by atoms with van der Waals surface area (Å²) >= 11 is 12.0. The summed E-state index contributed by atoms with van der Waals surface area (Å²) in [5, 5.41) is 1.01. The minimum Gasteiger partial charge on any atom is -0.457 e. The van der Waals surface area contributed by atoms with Gasteiger partial charge in [-0.3, -0.25) is 4.79 Å². The van der Waals surface area contributed by atoms with Crippen molar-refractivity contribution in [1.82, 2.24) is 0 Å². The zero-order valence-electron chi connectivity index (χ0n) is 15.7. The lowest BCUT2D eigenvalue weighted by Gasteiger charge is -2.19. The smallest absolute Gasteiger partial charge is 0.334 e. The monoisotopic (exact) mass is 406 g/mol. The molecule has 0 bridgehead atoms. The Morgan fingerprint density at radius 3 is 2.70 bits per heavy atom. The van der Waals surface area contributed by atoms with Gasteiger partial charge in [-0.25, -0.2) is 4.79 Å². The molecule has 1 aromatic rings. The van der Waals surface area contributed by atoms with Crippen LogP contribution in [0.25, 0.3) is 0 Å². The molecule has 0 amide bonds. The SMILES string of the molecule is C=C(C(=O)OCc1ccc(Cl)cc1Cl)[C@H]1CCC(C)[C@@H]2CC(=O)C(C)=C2C1. The molecular weight excluding hydrogens is 383 g/mol. The van der Waals surface area contributed by atoms with Crippen LogP contribution in [0.4, 0.5) is 0 Å². The lowest BCUT2D eigenvalue weighted by atomic mass is 9.86. The van der Waals surface area contributed by atoms with Crippen LogP contribution >= 0.6 is 23.2 Å². The molecule has 0 aromatic heterocycles. The molecule has 1 unspecified atom stereocenters. The second kappa shape index (κ2) is 8.20. The molecule has 3 atom stereocenters. The Kier molecular flexibility index (Phi) is 6.12. The van der Waals surface area contributed by atoms with Gasteiger partial charge in [0.15, 0.2) is 5.78 Å². The summed E-state index contributed by atoms with van der Waals surface area (Å²) in [6.07, 6.45) is 3.20. The first-order valence-electron chi connectivity index (χ1n) is 9.30. The topological polar surface area (TPSA) is 43.4 Å². The van der Waals surface area contributed by atoms with Crippen LogP contribution in [0.3, 0.4) is 0 Å². The molecule has 1 fully saturated rings. The van der Waals surface area contributed by atoms with Crippen LogP contribution in [-0.2, 0) is 20.9 Å². The molecule has 0 N–H and O–H groups in total. The minimum atomic E-state index is -0.403. The Morgan fingerprint density at radius 2 is 2.00 bits per heavy atom. The van der Waals surface area contributed by atoms with Gasteiger partial charge < -0.3 is 4.74 Å². The van der Waals surface area contributed by atoms with Gasteiger partial charge in [-0.05, 0) is 61.6 Å². The highest BCUT2D eigenvalue weighted by molar-refractivity contribution is 6.35. The number of carbonyl (C=O) groups is 2. The molecule has 27 heavy (non-hydrogen) atoms. The van der Waals surface area contributed by atoms with Crippen molar-refractivity contribution in [2.45, 2.75) is 46.1 Å². The van der Waals surface area contributed by atoms with Crippen molar-refractivity contribution < 1.29 is 14.3 Å². The molecule has 0 aliphatic heterocycles. The van der Waals surface area contributed by atoms with E-state index in [1.165, 1.54) is 5.57 Å². The largest absolute Gasteiger partial charge is 0.457 e. The predicted molar refractivity (Wildman–Crippen MR) is 108 cm³/mol. The van der Waals surface area contributed by atoms with Gasteiger partial charge in [-0.15, -0.1) is 0 Å². The van der Waals surface area contributed by atoms with E-state index in [4.69, 9.17) is 27.9 Å². The van der Waals surface area contributed by atoms with Crippen LogP contribution in [0.15, 0.2) is 41.5 Å². The minimum absolute atomic E-state index is 0.0153. The molecule has 2 aliphatic carbocycles. The number of ether oxygens (including phenoxy) is 1. The van der Waals surface area contributed by atoms with E-state index in [-0.39, 0.29) is 18.3 Å². The first-order valence-corrected chi connectivity index (χ1v) is 10.1. The predicted octanol–water partition coefficient (Wildman–Crippen LogP) is 5.93.